The number of carbonyl (C=O) groups is 4. The fourth-order valence-corrected chi connectivity index (χ4v) is 24.2. The molecule has 0 heterocycles. The van der Waals surface area contributed by atoms with Gasteiger partial charge in [0.15, 0.2) is 0 Å². The van der Waals surface area contributed by atoms with Crippen molar-refractivity contribution in [3.8, 4) is 0 Å². The normalized spacial score (nSPS) is 40.9. The average Bonchev–Trinajstić information content (AvgIpc) is 0.747. The van der Waals surface area contributed by atoms with Crippen molar-refractivity contribution in [1.29, 1.82) is 0 Å². The first-order valence-electron chi connectivity index (χ1n) is 38.2. The maximum atomic E-state index is 16.0. The molecule has 12 aliphatic rings. The van der Waals surface area contributed by atoms with Gasteiger partial charge >= 0.3 is 23.9 Å². The molecule has 93 heavy (non-hydrogen) atoms. The van der Waals surface area contributed by atoms with E-state index < -0.39 is 27.1 Å². The molecule has 16 atom stereocenters. The summed E-state index contributed by atoms with van der Waals surface area (Å²) in [5.41, 5.74) is 6.46. The minimum atomic E-state index is -1.43. The van der Waals surface area contributed by atoms with Gasteiger partial charge in [0.1, 0.15) is 31.8 Å². The van der Waals surface area contributed by atoms with Crippen molar-refractivity contribution < 1.29 is 38.1 Å². The fraction of sp³-hybridized carbons (Fsp3) is 0.765. The van der Waals surface area contributed by atoms with Crippen LogP contribution in [0.1, 0.15) is 265 Å². The van der Waals surface area contributed by atoms with Crippen LogP contribution in [-0.4, -0.2) is 50.3 Å². The maximum absolute atomic E-state index is 16.0. The molecule has 0 N–H and O–H groups in total. The molecule has 0 radical (unpaired) electrons. The lowest BCUT2D eigenvalue weighted by atomic mass is 9.47. The van der Waals surface area contributed by atoms with Gasteiger partial charge in [0.05, 0.1) is 21.7 Å². The van der Waals surface area contributed by atoms with Crippen LogP contribution in [0.2, 0.25) is 0 Å². The van der Waals surface area contributed by atoms with Crippen LogP contribution in [0.5, 0.6) is 0 Å². The van der Waals surface area contributed by atoms with Crippen molar-refractivity contribution in [2.24, 2.45) is 120 Å². The van der Waals surface area contributed by atoms with Crippen LogP contribution in [0.3, 0.4) is 0 Å². The standard InChI is InChI=1S/C85H124O8/c1-53(2)58-23-29-66-62(45-58)34-43-77(9)36-18-42-84(16,72(66)77)76(89)93-52-85(49-90-73(86)81(13)40-19-38-79(11)67-30-24-59(54(3)4)46-63(67)26-32-69(79)81,50-91-74(87)82(14)41-20-39-80(12)68-31-25-60(55(5)6)47-64(68)27-33-70(80)82)51-92-75(88)83(15)37-17-21-57-22-28-65-48-61(56(7)8)35-44-78(65,10)71(57)83/h26-28,34,45-48,53-57,66-72H,17-25,29-33,35-44,49-52H2,1-16H3. The second kappa shape index (κ2) is 25.3. The molecule has 12 aliphatic carbocycles. The average molecular weight is 1270 g/mol. The smallest absolute Gasteiger partial charge is 0.312 e. The molecule has 0 amide bonds. The van der Waals surface area contributed by atoms with E-state index in [1.54, 1.807) is 0 Å². The number of ether oxygens (including phenoxy) is 4. The zero-order chi connectivity index (χ0) is 66.6. The Morgan fingerprint density at radius 1 is 0.430 bits per heavy atom. The van der Waals surface area contributed by atoms with Crippen molar-refractivity contribution in [2.45, 2.75) is 265 Å². The predicted octanol–water partition coefficient (Wildman–Crippen LogP) is 20.7. The minimum Gasteiger partial charge on any atom is -0.464 e. The zero-order valence-corrected chi connectivity index (χ0v) is 61.1. The van der Waals surface area contributed by atoms with Gasteiger partial charge in [0.2, 0.25) is 0 Å². The third-order valence-corrected chi connectivity index (χ3v) is 29.8. The lowest BCUT2D eigenvalue weighted by Gasteiger charge is -2.57. The van der Waals surface area contributed by atoms with Gasteiger partial charge in [-0.05, 0) is 271 Å². The molecule has 0 aliphatic heterocycles. The van der Waals surface area contributed by atoms with Crippen molar-refractivity contribution in [3.63, 3.8) is 0 Å². The van der Waals surface area contributed by atoms with Crippen molar-refractivity contribution in [3.05, 3.63) is 93.2 Å². The SMILES string of the molecule is CC(C)C1=CC2=CCC3(C)CCCC(C)(C(=O)OCC(COC(=O)C4(C)CCCC5CC=C6C=C(C(C)C)CCC6(C)C54)(COC(=O)C4(C)CCCC5(C)C6CCC(C(C)C)=CC6=CCC45)COC(=O)C4(C)CCCC5(C)C6CCC(C(C)C)=CC6=CCC45)C3C2CC1. The second-order valence-electron chi connectivity index (χ2n) is 36.8. The van der Waals surface area contributed by atoms with E-state index in [2.05, 4.69) is 159 Å². The van der Waals surface area contributed by atoms with Gasteiger partial charge < -0.3 is 18.9 Å². The van der Waals surface area contributed by atoms with Gasteiger partial charge in [-0.3, -0.25) is 19.2 Å². The number of esters is 4. The Balaban J connectivity index is 0.911. The molecule has 0 bridgehead atoms. The topological polar surface area (TPSA) is 105 Å². The summed E-state index contributed by atoms with van der Waals surface area (Å²) in [5.74, 6) is 2.45. The van der Waals surface area contributed by atoms with E-state index in [1.165, 1.54) is 44.6 Å². The van der Waals surface area contributed by atoms with Gasteiger partial charge in [-0.15, -0.1) is 0 Å². The van der Waals surface area contributed by atoms with Crippen LogP contribution in [0, 0.1) is 120 Å². The molecular formula is C85H124O8. The van der Waals surface area contributed by atoms with Crippen LogP contribution >= 0.6 is 0 Å². The van der Waals surface area contributed by atoms with Gasteiger partial charge in [0, 0.05) is 0 Å². The van der Waals surface area contributed by atoms with Gasteiger partial charge in [-0.2, -0.15) is 0 Å². The number of carbonyl (C=O) groups excluding carboxylic acids is 4. The Morgan fingerprint density at radius 2 is 0.849 bits per heavy atom. The molecule has 4 fully saturated rings. The monoisotopic (exact) mass is 1270 g/mol. The third kappa shape index (κ3) is 11.7. The van der Waals surface area contributed by atoms with Gasteiger partial charge in [-0.1, -0.05) is 180 Å². The van der Waals surface area contributed by atoms with E-state index in [0.29, 0.717) is 67.1 Å². The molecular weight excluding hydrogens is 1150 g/mol. The highest BCUT2D eigenvalue weighted by Gasteiger charge is 2.63. The van der Waals surface area contributed by atoms with E-state index in [4.69, 9.17) is 18.9 Å². The maximum Gasteiger partial charge on any atom is 0.312 e. The summed E-state index contributed by atoms with van der Waals surface area (Å²) in [7, 11) is 0. The van der Waals surface area contributed by atoms with Crippen LogP contribution < -0.4 is 0 Å². The molecule has 0 aromatic rings. The van der Waals surface area contributed by atoms with E-state index in [1.807, 2.05) is 0 Å². The summed E-state index contributed by atoms with van der Waals surface area (Å²) in [4.78, 5) is 63.9. The van der Waals surface area contributed by atoms with Crippen molar-refractivity contribution in [2.75, 3.05) is 26.4 Å². The molecule has 0 aromatic carbocycles. The van der Waals surface area contributed by atoms with Crippen LogP contribution in [0.4, 0.5) is 0 Å². The van der Waals surface area contributed by atoms with Gasteiger partial charge in [-0.25, -0.2) is 0 Å². The van der Waals surface area contributed by atoms with Crippen LogP contribution in [0.25, 0.3) is 0 Å². The van der Waals surface area contributed by atoms with Crippen LogP contribution in [0.15, 0.2) is 93.2 Å². The molecule has 4 saturated carbocycles. The summed E-state index contributed by atoms with van der Waals surface area (Å²) in [6.45, 7) is 35.9. The predicted molar refractivity (Wildman–Crippen MR) is 374 cm³/mol. The molecule has 0 saturated heterocycles. The van der Waals surface area contributed by atoms with E-state index in [-0.39, 0.29) is 102 Å². The van der Waals surface area contributed by atoms with Crippen molar-refractivity contribution >= 4 is 23.9 Å². The largest absolute Gasteiger partial charge is 0.464 e. The second-order valence-corrected chi connectivity index (χ2v) is 36.8. The summed E-state index contributed by atoms with van der Waals surface area (Å²) in [6.07, 6.45) is 42.3. The fourth-order valence-electron chi connectivity index (χ4n) is 24.2. The van der Waals surface area contributed by atoms with E-state index in [0.717, 1.165) is 128 Å². The molecule has 0 spiro atoms. The summed E-state index contributed by atoms with van der Waals surface area (Å²) >= 11 is 0. The molecule has 16 unspecified atom stereocenters. The Kier molecular flexibility index (Phi) is 18.7. The Morgan fingerprint density at radius 3 is 1.34 bits per heavy atom. The number of hydrogen-bond acceptors (Lipinski definition) is 8. The molecule has 512 valence electrons. The van der Waals surface area contributed by atoms with E-state index >= 15 is 19.2 Å². The highest BCUT2D eigenvalue weighted by Crippen LogP contribution is 2.67. The first kappa shape index (κ1) is 68.7. The lowest BCUT2D eigenvalue weighted by Crippen LogP contribution is -2.56. The highest BCUT2D eigenvalue weighted by atomic mass is 16.6. The number of allylic oxidation sites excluding steroid dienone is 16. The third-order valence-electron chi connectivity index (χ3n) is 29.8. The van der Waals surface area contributed by atoms with E-state index in [9.17, 15) is 0 Å². The summed E-state index contributed by atoms with van der Waals surface area (Å²) < 4.78 is 28.2. The van der Waals surface area contributed by atoms with Crippen molar-refractivity contribution in [1.82, 2.24) is 0 Å². The zero-order valence-electron chi connectivity index (χ0n) is 61.1. The van der Waals surface area contributed by atoms with Crippen LogP contribution in [-0.2, 0) is 38.1 Å². The minimum absolute atomic E-state index is 0.0570. The first-order valence-corrected chi connectivity index (χ1v) is 38.2. The number of hydrogen-bond donors (Lipinski definition) is 0. The Hall–Kier alpha value is -4.20. The Labute approximate surface area is 563 Å². The Bertz CT molecular complexity index is 3070. The lowest BCUT2D eigenvalue weighted by molar-refractivity contribution is -0.196. The quantitative estimate of drug-likeness (QED) is 0.111. The molecule has 0 aromatic heterocycles. The molecule has 12 rings (SSSR count). The highest BCUT2D eigenvalue weighted by molar-refractivity contribution is 5.80. The number of rotatable bonds is 16. The summed E-state index contributed by atoms with van der Waals surface area (Å²) in [5, 5.41) is 0. The number of fused-ring (bicyclic) bond motifs is 12. The molecule has 8 heteroatoms. The molecule has 8 nitrogen and oxygen atoms in total. The van der Waals surface area contributed by atoms with Gasteiger partial charge in [0.25, 0.3) is 0 Å². The summed E-state index contributed by atoms with van der Waals surface area (Å²) in [6, 6.07) is 0. The first-order chi connectivity index (χ1) is 43.9.